The van der Waals surface area contributed by atoms with E-state index in [-0.39, 0.29) is 17.7 Å². The number of morpholine rings is 1. The number of fused-ring (bicyclic) bond motifs is 1. The molecule has 0 atom stereocenters. The molecule has 1 saturated carbocycles. The molecule has 0 spiro atoms. The number of nitrogens with one attached hydrogen (secondary N) is 3. The van der Waals surface area contributed by atoms with Crippen LogP contribution in [0.4, 0.5) is 23.0 Å². The highest BCUT2D eigenvalue weighted by atomic mass is 16.5. The largest absolute Gasteiger partial charge is 0.393 e. The van der Waals surface area contributed by atoms with Crippen molar-refractivity contribution in [3.05, 3.63) is 52.9 Å². The van der Waals surface area contributed by atoms with Crippen molar-refractivity contribution >= 4 is 33.8 Å². The first-order chi connectivity index (χ1) is 15.7. The van der Waals surface area contributed by atoms with Gasteiger partial charge < -0.3 is 30.4 Å². The second kappa shape index (κ2) is 9.18. The highest BCUT2D eigenvalue weighted by Gasteiger charge is 2.20. The minimum Gasteiger partial charge on any atom is -0.393 e. The molecule has 2 aliphatic rings. The van der Waals surface area contributed by atoms with Gasteiger partial charge in [0.2, 0.25) is 0 Å². The smallest absolute Gasteiger partial charge is 0.259 e. The summed E-state index contributed by atoms with van der Waals surface area (Å²) in [6, 6.07) is 12.3. The van der Waals surface area contributed by atoms with Crippen molar-refractivity contribution in [2.75, 3.05) is 41.8 Å². The first kappa shape index (κ1) is 20.8. The number of hydrogen-bond acceptors (Lipinski definition) is 7. The van der Waals surface area contributed by atoms with Crippen molar-refractivity contribution in [1.29, 1.82) is 0 Å². The van der Waals surface area contributed by atoms with Crippen LogP contribution in [0.15, 0.2) is 47.4 Å². The summed E-state index contributed by atoms with van der Waals surface area (Å²) in [4.78, 5) is 22.4. The highest BCUT2D eigenvalue weighted by molar-refractivity contribution is 5.94. The van der Waals surface area contributed by atoms with E-state index in [2.05, 4.69) is 32.7 Å². The van der Waals surface area contributed by atoms with Crippen molar-refractivity contribution in [3.8, 4) is 0 Å². The summed E-state index contributed by atoms with van der Waals surface area (Å²) in [6.45, 7) is 3.28. The Hall–Kier alpha value is -3.10. The topological polar surface area (TPSA) is 103 Å². The lowest BCUT2D eigenvalue weighted by molar-refractivity contribution is 0.122. The van der Waals surface area contributed by atoms with Gasteiger partial charge in [0.25, 0.3) is 5.56 Å². The maximum absolute atomic E-state index is 12.6. The summed E-state index contributed by atoms with van der Waals surface area (Å²) in [5.41, 5.74) is 1.86. The van der Waals surface area contributed by atoms with E-state index in [9.17, 15) is 9.90 Å². The van der Waals surface area contributed by atoms with Gasteiger partial charge in [-0.05, 0) is 67.5 Å². The molecule has 1 aliphatic carbocycles. The zero-order chi connectivity index (χ0) is 21.9. The highest BCUT2D eigenvalue weighted by Crippen LogP contribution is 2.28. The number of ether oxygens (including phenoxy) is 1. The number of anilines is 4. The summed E-state index contributed by atoms with van der Waals surface area (Å²) in [6.07, 6.45) is 4.86. The van der Waals surface area contributed by atoms with Crippen LogP contribution in [0.25, 0.3) is 10.8 Å². The van der Waals surface area contributed by atoms with Gasteiger partial charge >= 0.3 is 0 Å². The third-order valence-corrected chi connectivity index (χ3v) is 6.31. The van der Waals surface area contributed by atoms with Crippen LogP contribution in [0.1, 0.15) is 25.7 Å². The van der Waals surface area contributed by atoms with Gasteiger partial charge in [-0.1, -0.05) is 0 Å². The van der Waals surface area contributed by atoms with Gasteiger partial charge in [0.15, 0.2) is 0 Å². The predicted octanol–water partition coefficient (Wildman–Crippen LogP) is 3.22. The summed E-state index contributed by atoms with van der Waals surface area (Å²) < 4.78 is 5.43. The molecule has 1 aliphatic heterocycles. The molecule has 0 radical (unpaired) electrons. The summed E-state index contributed by atoms with van der Waals surface area (Å²) in [5.74, 6) is 1.26. The van der Waals surface area contributed by atoms with E-state index in [0.717, 1.165) is 74.6 Å². The van der Waals surface area contributed by atoms with Crippen molar-refractivity contribution in [3.63, 3.8) is 0 Å². The van der Waals surface area contributed by atoms with Crippen LogP contribution in [0.2, 0.25) is 0 Å². The van der Waals surface area contributed by atoms with Crippen LogP contribution in [0, 0.1) is 0 Å². The lowest BCUT2D eigenvalue weighted by Gasteiger charge is -2.29. The van der Waals surface area contributed by atoms with E-state index in [4.69, 9.17) is 9.72 Å². The maximum Gasteiger partial charge on any atom is 0.259 e. The number of pyridine rings is 2. The summed E-state index contributed by atoms with van der Waals surface area (Å²) in [7, 11) is 0. The zero-order valence-electron chi connectivity index (χ0n) is 18.0. The molecule has 3 aromatic rings. The molecule has 0 amide bonds. The Bertz CT molecular complexity index is 1120. The van der Waals surface area contributed by atoms with Gasteiger partial charge in [0.1, 0.15) is 11.6 Å². The molecule has 1 saturated heterocycles. The molecular weight excluding hydrogens is 406 g/mol. The number of aromatic nitrogens is 2. The average molecular weight is 436 g/mol. The SMILES string of the molecule is O=c1[nH]ccc2cc(NC3CCC(O)CC3)nc(Nc3ccc(N4CCOCC4)cc3)c12. The number of H-pyrrole nitrogens is 1. The first-order valence-corrected chi connectivity index (χ1v) is 11.3. The Labute approximate surface area is 186 Å². The molecule has 168 valence electrons. The number of rotatable bonds is 5. The van der Waals surface area contributed by atoms with Gasteiger partial charge in [-0.2, -0.15) is 0 Å². The molecule has 32 heavy (non-hydrogen) atoms. The maximum atomic E-state index is 12.6. The van der Waals surface area contributed by atoms with E-state index in [1.54, 1.807) is 6.20 Å². The Balaban J connectivity index is 1.41. The second-order valence-electron chi connectivity index (χ2n) is 8.55. The number of nitrogens with zero attached hydrogens (tertiary/aromatic N) is 2. The average Bonchev–Trinajstić information content (AvgIpc) is 2.82. The second-order valence-corrected chi connectivity index (χ2v) is 8.55. The van der Waals surface area contributed by atoms with Crippen molar-refractivity contribution < 1.29 is 9.84 Å². The minimum atomic E-state index is -0.200. The van der Waals surface area contributed by atoms with Crippen LogP contribution in [-0.4, -0.2) is 53.5 Å². The van der Waals surface area contributed by atoms with Crippen LogP contribution in [0.3, 0.4) is 0 Å². The van der Waals surface area contributed by atoms with E-state index in [0.29, 0.717) is 11.2 Å². The van der Waals surface area contributed by atoms with Gasteiger partial charge in [0.05, 0.1) is 24.7 Å². The Morgan fingerprint density at radius 2 is 1.81 bits per heavy atom. The lowest BCUT2D eigenvalue weighted by atomic mass is 9.93. The fourth-order valence-corrected chi connectivity index (χ4v) is 4.52. The van der Waals surface area contributed by atoms with Crippen molar-refractivity contribution in [2.24, 2.45) is 0 Å². The number of aliphatic hydroxyl groups is 1. The summed E-state index contributed by atoms with van der Waals surface area (Å²) >= 11 is 0. The van der Waals surface area contributed by atoms with Crippen LogP contribution < -0.4 is 21.1 Å². The predicted molar refractivity (Wildman–Crippen MR) is 127 cm³/mol. The first-order valence-electron chi connectivity index (χ1n) is 11.3. The Morgan fingerprint density at radius 3 is 2.56 bits per heavy atom. The third-order valence-electron chi connectivity index (χ3n) is 6.31. The van der Waals surface area contributed by atoms with Gasteiger partial charge in [-0.3, -0.25) is 4.79 Å². The van der Waals surface area contributed by atoms with Crippen LogP contribution in [0.5, 0.6) is 0 Å². The van der Waals surface area contributed by atoms with Gasteiger partial charge in [-0.25, -0.2) is 4.98 Å². The number of aliphatic hydroxyl groups excluding tert-OH is 1. The number of aromatic amines is 1. The fourth-order valence-electron chi connectivity index (χ4n) is 4.52. The molecule has 3 heterocycles. The van der Waals surface area contributed by atoms with Crippen molar-refractivity contribution in [1.82, 2.24) is 9.97 Å². The molecule has 8 heteroatoms. The molecule has 1 aromatic carbocycles. The van der Waals surface area contributed by atoms with E-state index < -0.39 is 0 Å². The van der Waals surface area contributed by atoms with E-state index >= 15 is 0 Å². The molecule has 2 aromatic heterocycles. The third kappa shape index (κ3) is 4.56. The van der Waals surface area contributed by atoms with E-state index in [1.165, 1.54) is 0 Å². The van der Waals surface area contributed by atoms with Crippen molar-refractivity contribution in [2.45, 2.75) is 37.8 Å². The van der Waals surface area contributed by atoms with E-state index in [1.807, 2.05) is 24.3 Å². The number of hydrogen-bond donors (Lipinski definition) is 4. The molecule has 0 unspecified atom stereocenters. The van der Waals surface area contributed by atoms with Gasteiger partial charge in [0, 0.05) is 36.7 Å². The minimum absolute atomic E-state index is 0.172. The van der Waals surface area contributed by atoms with Crippen LogP contribution in [-0.2, 0) is 4.74 Å². The standard InChI is InChI=1S/C24H29N5O3/c30-20-7-3-17(4-8-20)26-21-15-16-9-10-25-24(31)22(16)23(28-21)27-18-1-5-19(6-2-18)29-11-13-32-14-12-29/h1-2,5-6,9-10,15,17,20,30H,3-4,7-8,11-14H2,(H,25,31)(H2,26,27,28). The lowest BCUT2D eigenvalue weighted by Crippen LogP contribution is -2.36. The summed E-state index contributed by atoms with van der Waals surface area (Å²) in [5, 5.41) is 18.0. The zero-order valence-corrected chi connectivity index (χ0v) is 18.0. The van der Waals surface area contributed by atoms with Gasteiger partial charge in [-0.15, -0.1) is 0 Å². The Kier molecular flexibility index (Phi) is 5.96. The van der Waals surface area contributed by atoms with Crippen LogP contribution >= 0.6 is 0 Å². The molecule has 0 bridgehead atoms. The Morgan fingerprint density at radius 1 is 1.06 bits per heavy atom. The number of benzene rings is 1. The quantitative estimate of drug-likeness (QED) is 0.488. The fraction of sp³-hybridized carbons (Fsp3) is 0.417. The molecule has 5 rings (SSSR count). The molecule has 8 nitrogen and oxygen atoms in total. The molecular formula is C24H29N5O3. The molecule has 4 N–H and O–H groups in total. The monoisotopic (exact) mass is 435 g/mol. The normalized spacial score (nSPS) is 21.5. The molecule has 2 fully saturated rings.